The average Bonchev–Trinajstić information content (AvgIpc) is 2.80. The molecule has 1 N–H and O–H groups in total. The Hall–Kier alpha value is -2.69. The monoisotopic (exact) mass is 281 g/mol. The number of nitrogens with zero attached hydrogens (tertiary/aromatic N) is 2. The van der Waals surface area contributed by atoms with E-state index in [1.54, 1.807) is 18.5 Å². The van der Waals surface area contributed by atoms with Gasteiger partial charge in [0.25, 0.3) is 11.7 Å². The lowest BCUT2D eigenvalue weighted by Gasteiger charge is -2.20. The van der Waals surface area contributed by atoms with Gasteiger partial charge in [-0.2, -0.15) is 0 Å². The Morgan fingerprint density at radius 1 is 1.14 bits per heavy atom. The van der Waals surface area contributed by atoms with Gasteiger partial charge in [-0.05, 0) is 42.3 Å². The molecule has 0 saturated carbocycles. The number of rotatable bonds is 4. The number of nitrogens with one attached hydrogen (secondary N) is 1. The summed E-state index contributed by atoms with van der Waals surface area (Å²) in [5.41, 5.74) is 3.24. The number of carbonyl (C=O) groups is 2. The highest BCUT2D eigenvalue weighted by atomic mass is 16.2. The fourth-order valence-electron chi connectivity index (χ4n) is 2.35. The summed E-state index contributed by atoms with van der Waals surface area (Å²) in [4.78, 5) is 29.0. The predicted octanol–water partition coefficient (Wildman–Crippen LogP) is 1.90. The van der Waals surface area contributed by atoms with Gasteiger partial charge in [-0.3, -0.25) is 14.6 Å². The van der Waals surface area contributed by atoms with Crippen molar-refractivity contribution >= 4 is 23.1 Å². The van der Waals surface area contributed by atoms with Crippen molar-refractivity contribution in [2.45, 2.75) is 6.42 Å². The van der Waals surface area contributed by atoms with Gasteiger partial charge in [-0.15, -0.1) is 0 Å². The second kappa shape index (κ2) is 5.36. The molecule has 0 atom stereocenters. The van der Waals surface area contributed by atoms with E-state index in [4.69, 9.17) is 0 Å². The SMILES string of the molecule is CN(CCc1ccncc1)c1ccc2c(c1)NC(=O)C2=O. The van der Waals surface area contributed by atoms with E-state index in [1.165, 1.54) is 5.56 Å². The number of benzene rings is 1. The van der Waals surface area contributed by atoms with Crippen LogP contribution in [-0.2, 0) is 11.2 Å². The van der Waals surface area contributed by atoms with E-state index < -0.39 is 11.7 Å². The molecule has 2 heterocycles. The van der Waals surface area contributed by atoms with Crippen LogP contribution in [-0.4, -0.2) is 30.3 Å². The zero-order valence-electron chi connectivity index (χ0n) is 11.7. The minimum atomic E-state index is -0.554. The van der Waals surface area contributed by atoms with Gasteiger partial charge in [0.05, 0.1) is 11.3 Å². The number of hydrogen-bond acceptors (Lipinski definition) is 4. The lowest BCUT2D eigenvalue weighted by atomic mass is 10.1. The Bertz CT molecular complexity index is 698. The Balaban J connectivity index is 1.71. The van der Waals surface area contributed by atoms with Crippen LogP contribution < -0.4 is 10.2 Å². The predicted molar refractivity (Wildman–Crippen MR) is 80.6 cm³/mol. The summed E-state index contributed by atoms with van der Waals surface area (Å²) in [5, 5.41) is 2.59. The van der Waals surface area contributed by atoms with Gasteiger partial charge in [-0.1, -0.05) is 0 Å². The number of ketones is 1. The van der Waals surface area contributed by atoms with Crippen LogP contribution in [0.4, 0.5) is 11.4 Å². The molecule has 0 fully saturated rings. The summed E-state index contributed by atoms with van der Waals surface area (Å²) in [5.74, 6) is -1.02. The van der Waals surface area contributed by atoms with E-state index in [0.717, 1.165) is 18.7 Å². The van der Waals surface area contributed by atoms with Crippen LogP contribution in [0.5, 0.6) is 0 Å². The summed E-state index contributed by atoms with van der Waals surface area (Å²) in [6.07, 6.45) is 4.47. The maximum atomic E-state index is 11.6. The number of Topliss-reactive ketones (excluding diaryl/α,β-unsaturated/α-hetero) is 1. The number of aromatic nitrogens is 1. The second-order valence-corrected chi connectivity index (χ2v) is 5.04. The zero-order chi connectivity index (χ0) is 14.8. The largest absolute Gasteiger partial charge is 0.374 e. The molecular formula is C16H15N3O2. The molecule has 3 rings (SSSR count). The molecule has 5 nitrogen and oxygen atoms in total. The molecule has 2 aromatic rings. The van der Waals surface area contributed by atoms with Crippen LogP contribution in [0.15, 0.2) is 42.7 Å². The number of fused-ring (bicyclic) bond motifs is 1. The number of anilines is 2. The lowest BCUT2D eigenvalue weighted by molar-refractivity contribution is -0.112. The Labute approximate surface area is 122 Å². The third-order valence-electron chi connectivity index (χ3n) is 3.63. The van der Waals surface area contributed by atoms with E-state index in [0.29, 0.717) is 11.3 Å². The molecule has 0 radical (unpaired) electrons. The maximum absolute atomic E-state index is 11.6. The molecule has 1 aromatic heterocycles. The number of carbonyl (C=O) groups excluding carboxylic acids is 2. The smallest absolute Gasteiger partial charge is 0.296 e. The molecule has 1 amide bonds. The lowest BCUT2D eigenvalue weighted by Crippen LogP contribution is -2.20. The first-order valence-electron chi connectivity index (χ1n) is 6.75. The van der Waals surface area contributed by atoms with E-state index in [2.05, 4.69) is 15.2 Å². The Morgan fingerprint density at radius 2 is 1.90 bits per heavy atom. The van der Waals surface area contributed by atoms with E-state index in [1.807, 2.05) is 31.3 Å². The standard InChI is InChI=1S/C16H15N3O2/c1-19(9-6-11-4-7-17-8-5-11)12-2-3-13-14(10-12)18-16(21)15(13)20/h2-5,7-8,10H,6,9H2,1H3,(H,18,20,21). The third-order valence-corrected chi connectivity index (χ3v) is 3.63. The molecule has 0 bridgehead atoms. The molecule has 1 aromatic carbocycles. The van der Waals surface area contributed by atoms with Gasteiger partial charge in [0, 0.05) is 31.7 Å². The van der Waals surface area contributed by atoms with Crippen LogP contribution in [0, 0.1) is 0 Å². The summed E-state index contributed by atoms with van der Waals surface area (Å²) in [6.45, 7) is 0.838. The highest BCUT2D eigenvalue weighted by molar-refractivity contribution is 6.51. The van der Waals surface area contributed by atoms with Gasteiger partial charge >= 0.3 is 0 Å². The molecule has 0 saturated heterocycles. The zero-order valence-corrected chi connectivity index (χ0v) is 11.7. The molecular weight excluding hydrogens is 266 g/mol. The highest BCUT2D eigenvalue weighted by Gasteiger charge is 2.28. The number of amides is 1. The van der Waals surface area contributed by atoms with Crippen molar-refractivity contribution in [3.63, 3.8) is 0 Å². The van der Waals surface area contributed by atoms with Gasteiger partial charge in [0.1, 0.15) is 0 Å². The van der Waals surface area contributed by atoms with Crippen molar-refractivity contribution in [1.82, 2.24) is 4.98 Å². The van der Waals surface area contributed by atoms with Crippen LogP contribution >= 0.6 is 0 Å². The normalized spacial score (nSPS) is 13.0. The van der Waals surface area contributed by atoms with E-state index in [9.17, 15) is 9.59 Å². The van der Waals surface area contributed by atoms with Crippen LogP contribution in [0.1, 0.15) is 15.9 Å². The van der Waals surface area contributed by atoms with E-state index in [-0.39, 0.29) is 0 Å². The maximum Gasteiger partial charge on any atom is 0.296 e. The number of pyridine rings is 1. The number of hydrogen-bond donors (Lipinski definition) is 1. The summed E-state index contributed by atoms with van der Waals surface area (Å²) >= 11 is 0. The van der Waals surface area contributed by atoms with Crippen molar-refractivity contribution in [2.24, 2.45) is 0 Å². The van der Waals surface area contributed by atoms with Gasteiger partial charge < -0.3 is 10.2 Å². The van der Waals surface area contributed by atoms with Crippen molar-refractivity contribution in [1.29, 1.82) is 0 Å². The first kappa shape index (κ1) is 13.3. The Morgan fingerprint density at radius 3 is 2.67 bits per heavy atom. The quantitative estimate of drug-likeness (QED) is 0.869. The fraction of sp³-hybridized carbons (Fsp3) is 0.188. The van der Waals surface area contributed by atoms with Crippen molar-refractivity contribution in [2.75, 3.05) is 23.8 Å². The molecule has 5 heteroatoms. The van der Waals surface area contributed by atoms with Crippen molar-refractivity contribution in [3.05, 3.63) is 53.9 Å². The fourth-order valence-corrected chi connectivity index (χ4v) is 2.35. The minimum Gasteiger partial charge on any atom is -0.374 e. The average molecular weight is 281 g/mol. The minimum absolute atomic E-state index is 0.450. The molecule has 0 unspecified atom stereocenters. The molecule has 21 heavy (non-hydrogen) atoms. The molecule has 106 valence electrons. The third kappa shape index (κ3) is 2.63. The Kier molecular flexibility index (Phi) is 3.39. The topological polar surface area (TPSA) is 62.3 Å². The molecule has 0 aliphatic carbocycles. The van der Waals surface area contributed by atoms with Gasteiger partial charge in [0.2, 0.25) is 0 Å². The van der Waals surface area contributed by atoms with Crippen molar-refractivity contribution in [3.8, 4) is 0 Å². The van der Waals surface area contributed by atoms with Crippen LogP contribution in [0.2, 0.25) is 0 Å². The van der Waals surface area contributed by atoms with Gasteiger partial charge in [0.15, 0.2) is 0 Å². The van der Waals surface area contributed by atoms with Crippen LogP contribution in [0.3, 0.4) is 0 Å². The van der Waals surface area contributed by atoms with E-state index >= 15 is 0 Å². The van der Waals surface area contributed by atoms with Gasteiger partial charge in [-0.25, -0.2) is 0 Å². The second-order valence-electron chi connectivity index (χ2n) is 5.04. The first-order valence-corrected chi connectivity index (χ1v) is 6.75. The molecule has 0 spiro atoms. The highest BCUT2D eigenvalue weighted by Crippen LogP contribution is 2.27. The van der Waals surface area contributed by atoms with Crippen molar-refractivity contribution < 1.29 is 9.59 Å². The summed E-state index contributed by atoms with van der Waals surface area (Å²) < 4.78 is 0. The molecule has 1 aliphatic heterocycles. The molecule has 1 aliphatic rings. The summed E-state index contributed by atoms with van der Waals surface area (Å²) in [6, 6.07) is 9.40. The number of likely N-dealkylation sites (N-methyl/N-ethyl adjacent to an activating group) is 1. The first-order chi connectivity index (χ1) is 10.1. The van der Waals surface area contributed by atoms with Crippen LogP contribution in [0.25, 0.3) is 0 Å². The summed E-state index contributed by atoms with van der Waals surface area (Å²) in [7, 11) is 1.99.